The SMILES string of the molecule is O=C(NCc1ccccc1)c1nn(CCCN2CCC3(CC2)C(=O)NCN3c2ccccc2)cc1-c1ccc(Cl)c(Cl)c1. The second-order valence-corrected chi connectivity index (χ2v) is 11.9. The Morgan fingerprint density at radius 1 is 0.930 bits per heavy atom. The lowest BCUT2D eigenvalue weighted by molar-refractivity contribution is -0.125. The van der Waals surface area contributed by atoms with E-state index in [1.165, 1.54) is 0 Å². The lowest BCUT2D eigenvalue weighted by atomic mass is 9.85. The van der Waals surface area contributed by atoms with Gasteiger partial charge in [0.25, 0.3) is 5.91 Å². The summed E-state index contributed by atoms with van der Waals surface area (Å²) in [6.07, 6.45) is 4.32. The number of anilines is 1. The Hall–Kier alpha value is -3.85. The van der Waals surface area contributed by atoms with Gasteiger partial charge in [0, 0.05) is 43.6 Å². The summed E-state index contributed by atoms with van der Waals surface area (Å²) in [6.45, 7) is 4.17. The maximum absolute atomic E-state index is 13.3. The van der Waals surface area contributed by atoms with E-state index in [4.69, 9.17) is 28.3 Å². The monoisotopic (exact) mass is 616 g/mol. The van der Waals surface area contributed by atoms with Crippen LogP contribution in [0.25, 0.3) is 11.1 Å². The van der Waals surface area contributed by atoms with Gasteiger partial charge in [-0.3, -0.25) is 14.3 Å². The highest BCUT2D eigenvalue weighted by atomic mass is 35.5. The van der Waals surface area contributed by atoms with Crippen LogP contribution < -0.4 is 15.5 Å². The number of nitrogens with zero attached hydrogens (tertiary/aromatic N) is 4. The lowest BCUT2D eigenvalue weighted by Crippen LogP contribution is -2.56. The number of benzene rings is 3. The number of carbonyl (C=O) groups is 2. The van der Waals surface area contributed by atoms with Crippen molar-refractivity contribution in [2.24, 2.45) is 0 Å². The summed E-state index contributed by atoms with van der Waals surface area (Å²) < 4.78 is 1.84. The summed E-state index contributed by atoms with van der Waals surface area (Å²) >= 11 is 12.5. The minimum Gasteiger partial charge on any atom is -0.347 e. The average molecular weight is 618 g/mol. The highest BCUT2D eigenvalue weighted by Crippen LogP contribution is 2.36. The molecular formula is C33H34Cl2N6O2. The minimum atomic E-state index is -0.489. The van der Waals surface area contributed by atoms with Crippen molar-refractivity contribution in [3.05, 3.63) is 106 Å². The van der Waals surface area contributed by atoms with Crippen molar-refractivity contribution in [3.8, 4) is 11.1 Å². The van der Waals surface area contributed by atoms with E-state index in [9.17, 15) is 9.59 Å². The van der Waals surface area contributed by atoms with E-state index < -0.39 is 5.54 Å². The summed E-state index contributed by atoms with van der Waals surface area (Å²) in [5.41, 5.74) is 3.44. The van der Waals surface area contributed by atoms with Crippen LogP contribution >= 0.6 is 23.2 Å². The van der Waals surface area contributed by atoms with Crippen molar-refractivity contribution in [3.63, 3.8) is 0 Å². The molecule has 8 nitrogen and oxygen atoms in total. The van der Waals surface area contributed by atoms with Gasteiger partial charge in [-0.15, -0.1) is 0 Å². The number of amides is 2. The fourth-order valence-corrected chi connectivity index (χ4v) is 6.37. The van der Waals surface area contributed by atoms with Gasteiger partial charge in [-0.25, -0.2) is 0 Å². The summed E-state index contributed by atoms with van der Waals surface area (Å²) in [5, 5.41) is 11.6. The van der Waals surface area contributed by atoms with Gasteiger partial charge in [0.05, 0.1) is 16.7 Å². The largest absolute Gasteiger partial charge is 0.347 e. The molecule has 0 unspecified atom stereocenters. The zero-order chi connectivity index (χ0) is 29.8. The molecule has 0 atom stereocenters. The average Bonchev–Trinajstić information content (AvgIpc) is 3.60. The van der Waals surface area contributed by atoms with Gasteiger partial charge < -0.3 is 20.4 Å². The third kappa shape index (κ3) is 6.27. The van der Waals surface area contributed by atoms with E-state index in [0.29, 0.717) is 41.1 Å². The van der Waals surface area contributed by atoms with Crippen LogP contribution in [-0.4, -0.2) is 58.3 Å². The Bertz CT molecular complexity index is 1590. The fraction of sp³-hybridized carbons (Fsp3) is 0.303. The number of aryl methyl sites for hydroxylation is 1. The van der Waals surface area contributed by atoms with Crippen LogP contribution in [0.1, 0.15) is 35.3 Å². The number of nitrogens with one attached hydrogen (secondary N) is 2. The number of hydrogen-bond donors (Lipinski definition) is 2. The molecule has 2 N–H and O–H groups in total. The highest BCUT2D eigenvalue weighted by molar-refractivity contribution is 6.42. The maximum atomic E-state index is 13.3. The van der Waals surface area contributed by atoms with Crippen molar-refractivity contribution in [2.75, 3.05) is 31.2 Å². The molecule has 3 heterocycles. The van der Waals surface area contributed by atoms with Crippen molar-refractivity contribution in [1.29, 1.82) is 0 Å². The van der Waals surface area contributed by atoms with Gasteiger partial charge in [-0.05, 0) is 61.2 Å². The summed E-state index contributed by atoms with van der Waals surface area (Å²) in [4.78, 5) is 30.9. The number of likely N-dealkylation sites (tertiary alicyclic amines) is 1. The van der Waals surface area contributed by atoms with E-state index >= 15 is 0 Å². The normalized spacial score (nSPS) is 16.4. The van der Waals surface area contributed by atoms with Crippen LogP contribution in [0.5, 0.6) is 0 Å². The Labute approximate surface area is 261 Å². The molecule has 2 aliphatic heterocycles. The fourth-order valence-electron chi connectivity index (χ4n) is 6.08. The Morgan fingerprint density at radius 3 is 2.37 bits per heavy atom. The van der Waals surface area contributed by atoms with E-state index in [1.807, 2.05) is 65.5 Å². The first-order chi connectivity index (χ1) is 20.9. The highest BCUT2D eigenvalue weighted by Gasteiger charge is 2.50. The Kier molecular flexibility index (Phi) is 8.70. The van der Waals surface area contributed by atoms with Crippen LogP contribution in [0, 0.1) is 0 Å². The first-order valence-corrected chi connectivity index (χ1v) is 15.4. The molecule has 6 rings (SSSR count). The van der Waals surface area contributed by atoms with Crippen molar-refractivity contribution >= 4 is 40.7 Å². The number of hydrogen-bond acceptors (Lipinski definition) is 5. The third-order valence-electron chi connectivity index (χ3n) is 8.45. The molecule has 0 saturated carbocycles. The molecule has 222 valence electrons. The molecular weight excluding hydrogens is 583 g/mol. The van der Waals surface area contributed by atoms with Crippen LogP contribution in [-0.2, 0) is 17.9 Å². The van der Waals surface area contributed by atoms with Crippen LogP contribution in [0.4, 0.5) is 5.69 Å². The number of piperidine rings is 1. The molecule has 0 bridgehead atoms. The molecule has 2 amide bonds. The number of aromatic nitrogens is 2. The molecule has 1 aromatic heterocycles. The number of carbonyl (C=O) groups excluding carboxylic acids is 2. The quantitative estimate of drug-likeness (QED) is 0.256. The number of halogens is 2. The van der Waals surface area contributed by atoms with Crippen molar-refractivity contribution < 1.29 is 9.59 Å². The molecule has 3 aromatic carbocycles. The smallest absolute Gasteiger partial charge is 0.272 e. The molecule has 2 aliphatic rings. The van der Waals surface area contributed by atoms with Crippen LogP contribution in [0.2, 0.25) is 10.0 Å². The first-order valence-electron chi connectivity index (χ1n) is 14.6. The molecule has 1 spiro atoms. The van der Waals surface area contributed by atoms with Crippen LogP contribution in [0.3, 0.4) is 0 Å². The van der Waals surface area contributed by atoms with E-state index in [0.717, 1.165) is 55.7 Å². The van der Waals surface area contributed by atoms with E-state index in [2.05, 4.69) is 32.6 Å². The van der Waals surface area contributed by atoms with E-state index in [1.54, 1.807) is 12.1 Å². The van der Waals surface area contributed by atoms with Gasteiger partial charge in [0.15, 0.2) is 5.69 Å². The molecule has 2 fully saturated rings. The molecule has 10 heteroatoms. The molecule has 4 aromatic rings. The standard InChI is InChI=1S/C33H34Cl2N6O2/c34-28-13-12-25(20-29(28)35)27-22-40(38-30(27)31(42)36-21-24-8-3-1-4-9-24)17-7-16-39-18-14-33(15-19-39)32(43)37-23-41(33)26-10-5-2-6-11-26/h1-6,8-13,20,22H,7,14-19,21,23H2,(H,36,42)(H,37,43). The molecule has 43 heavy (non-hydrogen) atoms. The topological polar surface area (TPSA) is 82.5 Å². The zero-order valence-corrected chi connectivity index (χ0v) is 25.3. The van der Waals surface area contributed by atoms with Crippen molar-refractivity contribution in [1.82, 2.24) is 25.3 Å². The zero-order valence-electron chi connectivity index (χ0n) is 23.8. The minimum absolute atomic E-state index is 0.125. The third-order valence-corrected chi connectivity index (χ3v) is 9.19. The number of para-hydroxylation sites is 1. The van der Waals surface area contributed by atoms with Gasteiger partial charge in [0.1, 0.15) is 5.54 Å². The van der Waals surface area contributed by atoms with Crippen LogP contribution in [0.15, 0.2) is 85.1 Å². The van der Waals surface area contributed by atoms with Gasteiger partial charge in [-0.1, -0.05) is 77.8 Å². The van der Waals surface area contributed by atoms with Gasteiger partial charge >= 0.3 is 0 Å². The van der Waals surface area contributed by atoms with Gasteiger partial charge in [-0.2, -0.15) is 5.10 Å². The molecule has 2 saturated heterocycles. The summed E-state index contributed by atoms with van der Waals surface area (Å²) in [7, 11) is 0. The van der Waals surface area contributed by atoms with E-state index in [-0.39, 0.29) is 11.8 Å². The Balaban J connectivity index is 1.10. The van der Waals surface area contributed by atoms with Crippen molar-refractivity contribution in [2.45, 2.75) is 37.9 Å². The first kappa shape index (κ1) is 29.2. The second kappa shape index (κ2) is 12.8. The maximum Gasteiger partial charge on any atom is 0.272 e. The predicted molar refractivity (Wildman–Crippen MR) is 170 cm³/mol. The van der Waals surface area contributed by atoms with Gasteiger partial charge in [0.2, 0.25) is 5.91 Å². The number of rotatable bonds is 9. The molecule has 0 aliphatic carbocycles. The lowest BCUT2D eigenvalue weighted by Gasteiger charge is -2.43. The summed E-state index contributed by atoms with van der Waals surface area (Å²) in [6, 6.07) is 25.3. The molecule has 0 radical (unpaired) electrons. The predicted octanol–water partition coefficient (Wildman–Crippen LogP) is 5.61. The Morgan fingerprint density at radius 2 is 1.65 bits per heavy atom. The second-order valence-electron chi connectivity index (χ2n) is 11.1. The summed E-state index contributed by atoms with van der Waals surface area (Å²) in [5.74, 6) is -0.122.